The van der Waals surface area contributed by atoms with Crippen LogP contribution in [-0.2, 0) is 4.79 Å². The second kappa shape index (κ2) is 3.48. The van der Waals surface area contributed by atoms with Crippen LogP contribution in [0, 0.1) is 17.8 Å². The molecule has 2 saturated carbocycles. The molecule has 3 atom stereocenters. The Morgan fingerprint density at radius 1 is 1.27 bits per heavy atom. The third kappa shape index (κ3) is 1.67. The second-order valence-corrected chi connectivity index (χ2v) is 5.51. The highest BCUT2D eigenvalue weighted by Gasteiger charge is 2.49. The molecule has 15 heavy (non-hydrogen) atoms. The van der Waals surface area contributed by atoms with E-state index in [2.05, 4.69) is 17.1 Å². The Morgan fingerprint density at radius 3 is 2.67 bits per heavy atom. The van der Waals surface area contributed by atoms with Crippen molar-refractivity contribution in [3.63, 3.8) is 0 Å². The van der Waals surface area contributed by atoms with Gasteiger partial charge in [-0.15, -0.1) is 0 Å². The van der Waals surface area contributed by atoms with E-state index in [4.69, 9.17) is 0 Å². The molecule has 3 aliphatic rings. The molecule has 2 unspecified atom stereocenters. The summed E-state index contributed by atoms with van der Waals surface area (Å²) in [6, 6.07) is 0.392. The van der Waals surface area contributed by atoms with Crippen LogP contribution in [0.3, 0.4) is 0 Å². The first-order valence-corrected chi connectivity index (χ1v) is 6.27. The van der Waals surface area contributed by atoms with Gasteiger partial charge in [0.2, 0.25) is 5.91 Å². The van der Waals surface area contributed by atoms with E-state index in [1.54, 1.807) is 0 Å². The smallest absolute Gasteiger partial charge is 0.226 e. The molecule has 0 aromatic rings. The quantitative estimate of drug-likeness (QED) is 0.693. The Labute approximate surface area is 91.2 Å². The zero-order valence-corrected chi connectivity index (χ0v) is 9.41. The van der Waals surface area contributed by atoms with Gasteiger partial charge in [0, 0.05) is 31.6 Å². The molecule has 1 heterocycles. The van der Waals surface area contributed by atoms with E-state index < -0.39 is 0 Å². The van der Waals surface area contributed by atoms with Gasteiger partial charge < -0.3 is 10.2 Å². The predicted molar refractivity (Wildman–Crippen MR) is 58.4 cm³/mol. The van der Waals surface area contributed by atoms with Crippen molar-refractivity contribution in [1.82, 2.24) is 10.2 Å². The number of piperazine rings is 1. The molecule has 1 N–H and O–H groups in total. The number of carbonyl (C=O) groups is 1. The molecule has 2 aliphatic carbocycles. The highest BCUT2D eigenvalue weighted by molar-refractivity contribution is 5.80. The number of nitrogens with one attached hydrogen (secondary N) is 1. The summed E-state index contributed by atoms with van der Waals surface area (Å²) in [5.41, 5.74) is 0. The molecule has 1 amide bonds. The van der Waals surface area contributed by atoms with Gasteiger partial charge in [0.05, 0.1) is 0 Å². The van der Waals surface area contributed by atoms with E-state index in [1.165, 1.54) is 19.3 Å². The standard InChI is InChI=1S/C12H20N2O/c1-8-7-13-2-3-14(8)12(15)11-5-9-4-10(9)6-11/h8-11,13H,2-7H2,1H3/t8-,9?,10?,11?/m0/s1. The summed E-state index contributed by atoms with van der Waals surface area (Å²) in [7, 11) is 0. The summed E-state index contributed by atoms with van der Waals surface area (Å²) in [5, 5.41) is 3.33. The Kier molecular flexibility index (Phi) is 2.23. The van der Waals surface area contributed by atoms with Gasteiger partial charge in [-0.3, -0.25) is 4.79 Å². The highest BCUT2D eigenvalue weighted by Crippen LogP contribution is 2.54. The first-order chi connectivity index (χ1) is 7.25. The van der Waals surface area contributed by atoms with Crippen LogP contribution in [0.25, 0.3) is 0 Å². The lowest BCUT2D eigenvalue weighted by atomic mass is 10.0. The van der Waals surface area contributed by atoms with Crippen LogP contribution >= 0.6 is 0 Å². The number of carbonyl (C=O) groups excluding carboxylic acids is 1. The lowest BCUT2D eigenvalue weighted by Crippen LogP contribution is -2.53. The number of amides is 1. The third-order valence-electron chi connectivity index (χ3n) is 4.38. The number of nitrogens with zero attached hydrogens (tertiary/aromatic N) is 1. The monoisotopic (exact) mass is 208 g/mol. The average molecular weight is 208 g/mol. The minimum absolute atomic E-state index is 0.370. The van der Waals surface area contributed by atoms with E-state index in [1.807, 2.05) is 0 Å². The van der Waals surface area contributed by atoms with Gasteiger partial charge in [-0.1, -0.05) is 0 Å². The summed E-state index contributed by atoms with van der Waals surface area (Å²) >= 11 is 0. The van der Waals surface area contributed by atoms with Crippen molar-refractivity contribution in [1.29, 1.82) is 0 Å². The lowest BCUT2D eigenvalue weighted by Gasteiger charge is -2.36. The molecule has 0 spiro atoms. The zero-order chi connectivity index (χ0) is 10.4. The second-order valence-electron chi connectivity index (χ2n) is 5.51. The molecule has 3 nitrogen and oxygen atoms in total. The number of fused-ring (bicyclic) bond motifs is 1. The lowest BCUT2D eigenvalue weighted by molar-refractivity contribution is -0.138. The number of hydrogen-bond acceptors (Lipinski definition) is 2. The normalized spacial score (nSPS) is 43.9. The molecule has 1 aliphatic heterocycles. The Hall–Kier alpha value is -0.570. The largest absolute Gasteiger partial charge is 0.337 e. The molecule has 3 heteroatoms. The van der Waals surface area contributed by atoms with E-state index >= 15 is 0 Å². The van der Waals surface area contributed by atoms with E-state index in [9.17, 15) is 4.79 Å². The van der Waals surface area contributed by atoms with Crippen molar-refractivity contribution in [2.24, 2.45) is 17.8 Å². The molecular formula is C12H20N2O. The maximum Gasteiger partial charge on any atom is 0.226 e. The predicted octanol–water partition coefficient (Wildman–Crippen LogP) is 0.853. The molecule has 0 aromatic carbocycles. The summed E-state index contributed by atoms with van der Waals surface area (Å²) in [6.07, 6.45) is 3.77. The van der Waals surface area contributed by atoms with Gasteiger partial charge >= 0.3 is 0 Å². The van der Waals surface area contributed by atoms with Crippen LogP contribution in [0.4, 0.5) is 0 Å². The topological polar surface area (TPSA) is 32.3 Å². The Bertz CT molecular complexity index is 269. The number of hydrogen-bond donors (Lipinski definition) is 1. The van der Waals surface area contributed by atoms with Crippen LogP contribution < -0.4 is 5.32 Å². The fraction of sp³-hybridized carbons (Fsp3) is 0.917. The molecular weight excluding hydrogens is 188 g/mol. The van der Waals surface area contributed by atoms with Crippen molar-refractivity contribution in [2.45, 2.75) is 32.2 Å². The van der Waals surface area contributed by atoms with Gasteiger partial charge in [-0.05, 0) is 38.0 Å². The average Bonchev–Trinajstić information content (AvgIpc) is 2.86. The molecule has 1 saturated heterocycles. The van der Waals surface area contributed by atoms with Gasteiger partial charge in [0.1, 0.15) is 0 Å². The highest BCUT2D eigenvalue weighted by atomic mass is 16.2. The summed E-state index contributed by atoms with van der Waals surface area (Å²) in [4.78, 5) is 14.4. The van der Waals surface area contributed by atoms with Gasteiger partial charge in [0.15, 0.2) is 0 Å². The van der Waals surface area contributed by atoms with Gasteiger partial charge in [0.25, 0.3) is 0 Å². The van der Waals surface area contributed by atoms with Crippen molar-refractivity contribution in [3.8, 4) is 0 Å². The van der Waals surface area contributed by atoms with Crippen molar-refractivity contribution in [3.05, 3.63) is 0 Å². The van der Waals surface area contributed by atoms with Gasteiger partial charge in [-0.25, -0.2) is 0 Å². The minimum Gasteiger partial charge on any atom is -0.337 e. The van der Waals surface area contributed by atoms with Crippen LogP contribution in [0.1, 0.15) is 26.2 Å². The third-order valence-corrected chi connectivity index (χ3v) is 4.38. The van der Waals surface area contributed by atoms with E-state index in [-0.39, 0.29) is 0 Å². The van der Waals surface area contributed by atoms with Crippen molar-refractivity contribution >= 4 is 5.91 Å². The summed E-state index contributed by atoms with van der Waals surface area (Å²) in [5.74, 6) is 2.64. The Morgan fingerprint density at radius 2 is 2.00 bits per heavy atom. The van der Waals surface area contributed by atoms with Crippen LogP contribution in [-0.4, -0.2) is 36.5 Å². The first-order valence-electron chi connectivity index (χ1n) is 6.27. The molecule has 0 radical (unpaired) electrons. The molecule has 3 rings (SSSR count). The molecule has 3 fully saturated rings. The van der Waals surface area contributed by atoms with Gasteiger partial charge in [-0.2, -0.15) is 0 Å². The van der Waals surface area contributed by atoms with Crippen molar-refractivity contribution < 1.29 is 4.79 Å². The maximum atomic E-state index is 12.3. The number of rotatable bonds is 1. The van der Waals surface area contributed by atoms with Crippen LogP contribution in [0.15, 0.2) is 0 Å². The van der Waals surface area contributed by atoms with E-state index in [0.29, 0.717) is 17.9 Å². The minimum atomic E-state index is 0.370. The fourth-order valence-corrected chi connectivity index (χ4v) is 3.32. The molecule has 0 aromatic heterocycles. The zero-order valence-electron chi connectivity index (χ0n) is 9.41. The Balaban J connectivity index is 1.62. The fourth-order valence-electron chi connectivity index (χ4n) is 3.32. The van der Waals surface area contributed by atoms with E-state index in [0.717, 1.165) is 31.5 Å². The van der Waals surface area contributed by atoms with Crippen molar-refractivity contribution in [2.75, 3.05) is 19.6 Å². The maximum absolute atomic E-state index is 12.3. The first kappa shape index (κ1) is 9.64. The molecule has 0 bridgehead atoms. The SMILES string of the molecule is C[C@H]1CNCCN1C(=O)C1CC2CC2C1. The summed E-state index contributed by atoms with van der Waals surface area (Å²) < 4.78 is 0. The summed E-state index contributed by atoms with van der Waals surface area (Å²) in [6.45, 7) is 4.99. The molecule has 84 valence electrons. The van der Waals surface area contributed by atoms with Crippen LogP contribution in [0.5, 0.6) is 0 Å². The van der Waals surface area contributed by atoms with Crippen LogP contribution in [0.2, 0.25) is 0 Å².